The van der Waals surface area contributed by atoms with E-state index in [0.717, 1.165) is 28.6 Å². The Balaban J connectivity index is 0.00000132. The molecule has 23 heavy (non-hydrogen) atoms. The lowest BCUT2D eigenvalue weighted by Crippen LogP contribution is -2.34. The number of hydrogen-bond donors (Lipinski definition) is 2. The molecule has 1 aliphatic heterocycles. The van der Waals surface area contributed by atoms with Crippen LogP contribution in [-0.4, -0.2) is 13.1 Å². The molecule has 0 bridgehead atoms. The molecule has 0 saturated heterocycles. The van der Waals surface area contributed by atoms with Crippen LogP contribution < -0.4 is 10.6 Å². The van der Waals surface area contributed by atoms with E-state index in [9.17, 15) is 0 Å². The van der Waals surface area contributed by atoms with Gasteiger partial charge in [0.15, 0.2) is 0 Å². The molecule has 2 nitrogen and oxygen atoms in total. The predicted octanol–water partition coefficient (Wildman–Crippen LogP) is 5.46. The second-order valence-electron chi connectivity index (χ2n) is 5.44. The van der Waals surface area contributed by atoms with E-state index in [2.05, 4.69) is 85.8 Å². The van der Waals surface area contributed by atoms with Gasteiger partial charge in [-0.15, -0.1) is 34.0 Å². The third-order valence-corrected chi connectivity index (χ3v) is 5.73. The third-order valence-electron chi connectivity index (χ3n) is 3.86. The van der Waals surface area contributed by atoms with Crippen LogP contribution in [0.1, 0.15) is 28.3 Å². The van der Waals surface area contributed by atoms with Gasteiger partial charge in [-0.05, 0) is 67.6 Å². The molecular formula is C17H20Br4N2. The molecule has 2 N–H and O–H groups in total. The summed E-state index contributed by atoms with van der Waals surface area (Å²) in [6.45, 7) is 5.04. The van der Waals surface area contributed by atoms with Crippen LogP contribution in [0.4, 0.5) is 0 Å². The monoisotopic (exact) mass is 568 g/mol. The van der Waals surface area contributed by atoms with Crippen LogP contribution in [0.5, 0.6) is 0 Å². The summed E-state index contributed by atoms with van der Waals surface area (Å²) in [5.41, 5.74) is 5.34. The molecule has 0 aromatic heterocycles. The van der Waals surface area contributed by atoms with E-state index in [4.69, 9.17) is 0 Å². The Labute approximate surface area is 175 Å². The minimum absolute atomic E-state index is 0. The zero-order chi connectivity index (χ0) is 14.8. The maximum atomic E-state index is 3.67. The lowest BCUT2D eigenvalue weighted by atomic mass is 9.92. The van der Waals surface area contributed by atoms with Crippen LogP contribution in [0, 0.1) is 6.92 Å². The molecule has 6 heteroatoms. The van der Waals surface area contributed by atoms with E-state index < -0.39 is 0 Å². The molecule has 3 rings (SSSR count). The van der Waals surface area contributed by atoms with Gasteiger partial charge in [-0.2, -0.15) is 0 Å². The summed E-state index contributed by atoms with van der Waals surface area (Å²) in [5.74, 6) is 0. The predicted molar refractivity (Wildman–Crippen MR) is 115 cm³/mol. The van der Waals surface area contributed by atoms with Crippen molar-refractivity contribution in [1.29, 1.82) is 0 Å². The topological polar surface area (TPSA) is 24.1 Å². The van der Waals surface area contributed by atoms with Gasteiger partial charge in [0, 0.05) is 28.6 Å². The molecule has 1 heterocycles. The molecule has 0 amide bonds. The maximum absolute atomic E-state index is 3.67. The third kappa shape index (κ3) is 5.13. The van der Waals surface area contributed by atoms with Crippen LogP contribution >= 0.6 is 65.8 Å². The van der Waals surface area contributed by atoms with Crippen molar-refractivity contribution in [1.82, 2.24) is 10.6 Å². The minimum atomic E-state index is 0. The SMILES string of the molecule is Br.Br.Cc1ccc2c(c1)C(c1ccc(Br)c(Br)c1)NCCNC2. The smallest absolute Gasteiger partial charge is 0.0580 e. The first-order valence-electron chi connectivity index (χ1n) is 7.13. The van der Waals surface area contributed by atoms with E-state index in [1.807, 2.05) is 0 Å². The summed E-state index contributed by atoms with van der Waals surface area (Å²) in [7, 11) is 0. The van der Waals surface area contributed by atoms with Crippen molar-refractivity contribution in [2.24, 2.45) is 0 Å². The van der Waals surface area contributed by atoms with Gasteiger partial charge in [-0.25, -0.2) is 0 Å². The average molecular weight is 572 g/mol. The van der Waals surface area contributed by atoms with Crippen molar-refractivity contribution in [2.75, 3.05) is 13.1 Å². The molecule has 1 unspecified atom stereocenters. The summed E-state index contributed by atoms with van der Waals surface area (Å²) in [6, 6.07) is 13.5. The van der Waals surface area contributed by atoms with E-state index in [1.54, 1.807) is 0 Å². The van der Waals surface area contributed by atoms with Gasteiger partial charge in [0.2, 0.25) is 0 Å². The van der Waals surface area contributed by atoms with Gasteiger partial charge < -0.3 is 10.6 Å². The van der Waals surface area contributed by atoms with E-state index in [1.165, 1.54) is 22.3 Å². The Bertz CT molecular complexity index is 661. The molecule has 0 saturated carbocycles. The van der Waals surface area contributed by atoms with Crippen molar-refractivity contribution in [2.45, 2.75) is 19.5 Å². The normalized spacial score (nSPS) is 17.1. The van der Waals surface area contributed by atoms with Crippen molar-refractivity contribution in [3.63, 3.8) is 0 Å². The molecule has 0 radical (unpaired) electrons. The zero-order valence-corrected chi connectivity index (χ0v) is 19.3. The van der Waals surface area contributed by atoms with Crippen molar-refractivity contribution >= 4 is 65.8 Å². The van der Waals surface area contributed by atoms with Crippen molar-refractivity contribution < 1.29 is 0 Å². The van der Waals surface area contributed by atoms with Crippen molar-refractivity contribution in [3.8, 4) is 0 Å². The fourth-order valence-electron chi connectivity index (χ4n) is 2.77. The van der Waals surface area contributed by atoms with Crippen LogP contribution in [0.3, 0.4) is 0 Å². The summed E-state index contributed by atoms with van der Waals surface area (Å²) in [6.07, 6.45) is 0. The van der Waals surface area contributed by atoms with Crippen LogP contribution in [0.2, 0.25) is 0 Å². The fourth-order valence-corrected chi connectivity index (χ4v) is 3.41. The highest BCUT2D eigenvalue weighted by Gasteiger charge is 2.19. The van der Waals surface area contributed by atoms with Gasteiger partial charge in [0.05, 0.1) is 6.04 Å². The van der Waals surface area contributed by atoms with Crippen LogP contribution in [0.25, 0.3) is 0 Å². The van der Waals surface area contributed by atoms with Gasteiger partial charge >= 0.3 is 0 Å². The highest BCUT2D eigenvalue weighted by Crippen LogP contribution is 2.31. The average Bonchev–Trinajstić information content (AvgIpc) is 2.44. The Morgan fingerprint density at radius 1 is 0.957 bits per heavy atom. The molecule has 0 aliphatic carbocycles. The summed E-state index contributed by atoms with van der Waals surface area (Å²) in [5, 5.41) is 7.15. The summed E-state index contributed by atoms with van der Waals surface area (Å²) < 4.78 is 2.18. The molecular weight excluding hydrogens is 552 g/mol. The summed E-state index contributed by atoms with van der Waals surface area (Å²) in [4.78, 5) is 0. The number of aryl methyl sites for hydroxylation is 1. The maximum Gasteiger partial charge on any atom is 0.0580 e. The molecule has 1 aliphatic rings. The van der Waals surface area contributed by atoms with Crippen LogP contribution in [0.15, 0.2) is 45.3 Å². The fraction of sp³-hybridized carbons (Fsp3) is 0.294. The first-order valence-corrected chi connectivity index (χ1v) is 8.72. The number of fused-ring (bicyclic) bond motifs is 1. The Morgan fingerprint density at radius 2 is 1.74 bits per heavy atom. The lowest BCUT2D eigenvalue weighted by molar-refractivity contribution is 0.538. The minimum Gasteiger partial charge on any atom is -0.311 e. The number of nitrogens with one attached hydrogen (secondary N) is 2. The second-order valence-corrected chi connectivity index (χ2v) is 7.15. The molecule has 2 aromatic carbocycles. The Kier molecular flexibility index (Phi) is 8.98. The van der Waals surface area contributed by atoms with Gasteiger partial charge in [0.25, 0.3) is 0 Å². The highest BCUT2D eigenvalue weighted by atomic mass is 79.9. The van der Waals surface area contributed by atoms with Gasteiger partial charge in [0.1, 0.15) is 0 Å². The standard InChI is InChI=1S/C17H18Br2N2.2BrH/c1-11-2-3-13-10-20-6-7-21-17(14(13)8-11)12-4-5-15(18)16(19)9-12;;/h2-5,8-9,17,20-21H,6-7,10H2,1H3;2*1H. The molecule has 1 atom stereocenters. The first kappa shape index (κ1) is 21.3. The van der Waals surface area contributed by atoms with Gasteiger partial charge in [-0.1, -0.05) is 29.8 Å². The quantitative estimate of drug-likeness (QED) is 0.475. The van der Waals surface area contributed by atoms with E-state index >= 15 is 0 Å². The Hall–Kier alpha value is 0.280. The number of halogens is 4. The number of benzene rings is 2. The number of rotatable bonds is 1. The van der Waals surface area contributed by atoms with E-state index in [-0.39, 0.29) is 40.0 Å². The van der Waals surface area contributed by atoms with Crippen molar-refractivity contribution in [3.05, 3.63) is 67.6 Å². The lowest BCUT2D eigenvalue weighted by Gasteiger charge is -2.26. The van der Waals surface area contributed by atoms with Crippen LogP contribution in [-0.2, 0) is 6.54 Å². The molecule has 126 valence electrons. The zero-order valence-electron chi connectivity index (χ0n) is 12.7. The van der Waals surface area contributed by atoms with E-state index in [0.29, 0.717) is 0 Å². The second kappa shape index (κ2) is 9.68. The highest BCUT2D eigenvalue weighted by molar-refractivity contribution is 9.13. The molecule has 0 spiro atoms. The first-order chi connectivity index (χ1) is 10.1. The largest absolute Gasteiger partial charge is 0.311 e. The Morgan fingerprint density at radius 3 is 2.48 bits per heavy atom. The molecule has 2 aromatic rings. The van der Waals surface area contributed by atoms with Gasteiger partial charge in [-0.3, -0.25) is 0 Å². The molecule has 0 fully saturated rings. The summed E-state index contributed by atoms with van der Waals surface area (Å²) >= 11 is 7.16. The number of hydrogen-bond acceptors (Lipinski definition) is 2.